The highest BCUT2D eigenvalue weighted by Crippen LogP contribution is 2.36. The maximum Gasteiger partial charge on any atom is 0.353 e. The topological polar surface area (TPSA) is 223 Å². The second-order valence-electron chi connectivity index (χ2n) is 19.7. The fraction of sp³-hybridized carbons (Fsp3) is 0.379. The predicted octanol–water partition coefficient (Wildman–Crippen LogP) is 9.97. The summed E-state index contributed by atoms with van der Waals surface area (Å²) in [7, 11) is 0. The SMILES string of the molecule is I.N[C@H](CN1CCC1)[C@H](O)c1ccc(OC2CC2)c(Cl)c1.O=C(N[C@H](CN1CCC1)[C@H](O)c1ccc(OC2CC2)c(Cl)c1)/C(CCc1ccc2ccccc2c1)=N/O.O=C(O)/C(CCc1ccc2ccccc2c1)=N\O. The van der Waals surface area contributed by atoms with Gasteiger partial charge in [0.05, 0.1) is 34.4 Å². The van der Waals surface area contributed by atoms with Gasteiger partial charge in [0.25, 0.3) is 5.91 Å². The van der Waals surface area contributed by atoms with Crippen molar-refractivity contribution in [1.82, 2.24) is 15.1 Å². The first-order chi connectivity index (χ1) is 36.3. The molecule has 0 unspecified atom stereocenters. The quantitative estimate of drug-likeness (QED) is 0.0155. The number of carboxylic acid groups (broad SMARTS) is 1. The number of ether oxygens (including phenoxy) is 2. The van der Waals surface area contributed by atoms with E-state index in [4.69, 9.17) is 48.7 Å². The van der Waals surface area contributed by atoms with Crippen molar-refractivity contribution >= 4 is 92.0 Å². The molecule has 76 heavy (non-hydrogen) atoms. The van der Waals surface area contributed by atoms with Gasteiger partial charge in [-0.1, -0.05) is 131 Å². The lowest BCUT2D eigenvalue weighted by Gasteiger charge is -2.36. The number of aliphatic carboxylic acids is 1. The maximum atomic E-state index is 13.1. The Morgan fingerprint density at radius 2 is 1.07 bits per heavy atom. The van der Waals surface area contributed by atoms with Gasteiger partial charge < -0.3 is 56.1 Å². The molecule has 6 aromatic carbocycles. The first-order valence-electron chi connectivity index (χ1n) is 25.7. The van der Waals surface area contributed by atoms with E-state index in [2.05, 4.69) is 37.6 Å². The predicted molar refractivity (Wildman–Crippen MR) is 308 cm³/mol. The first kappa shape index (κ1) is 58.1. The summed E-state index contributed by atoms with van der Waals surface area (Å²) >= 11 is 12.6. The van der Waals surface area contributed by atoms with Crippen LogP contribution in [0.25, 0.3) is 21.5 Å². The second kappa shape index (κ2) is 28.2. The third-order valence-electron chi connectivity index (χ3n) is 13.8. The minimum absolute atomic E-state index is 0. The molecule has 0 aromatic heterocycles. The number of aliphatic hydroxyl groups excluding tert-OH is 2. The number of halogens is 3. The van der Waals surface area contributed by atoms with Crippen LogP contribution in [0.15, 0.2) is 132 Å². The Kier molecular flexibility index (Phi) is 21.5. The average molecular weight is 1190 g/mol. The minimum atomic E-state index is -1.18. The number of nitrogens with two attached hydrogens (primary N) is 1. The van der Waals surface area contributed by atoms with E-state index in [1.165, 1.54) is 6.42 Å². The van der Waals surface area contributed by atoms with Crippen molar-refractivity contribution in [2.75, 3.05) is 39.3 Å². The van der Waals surface area contributed by atoms with Crippen molar-refractivity contribution in [2.24, 2.45) is 16.0 Å². The summed E-state index contributed by atoms with van der Waals surface area (Å²) < 4.78 is 11.5. The molecule has 0 bridgehead atoms. The molecule has 8 N–H and O–H groups in total. The zero-order valence-electron chi connectivity index (χ0n) is 42.2. The summed E-state index contributed by atoms with van der Waals surface area (Å²) in [5.74, 6) is -0.376. The minimum Gasteiger partial charge on any atom is -0.489 e. The fourth-order valence-electron chi connectivity index (χ4n) is 8.81. The van der Waals surface area contributed by atoms with Gasteiger partial charge in [-0.15, -0.1) is 24.0 Å². The van der Waals surface area contributed by atoms with E-state index >= 15 is 0 Å². The Morgan fingerprint density at radius 1 is 0.618 bits per heavy atom. The van der Waals surface area contributed by atoms with Crippen LogP contribution < -0.4 is 20.5 Å². The lowest BCUT2D eigenvalue weighted by molar-refractivity contribution is -0.129. The number of likely N-dealkylation sites (tertiary alicyclic amines) is 2. The van der Waals surface area contributed by atoms with Gasteiger partial charge in [-0.05, 0) is 146 Å². The summed E-state index contributed by atoms with van der Waals surface area (Å²) in [5.41, 5.74) is 9.31. The molecule has 2 saturated carbocycles. The summed E-state index contributed by atoms with van der Waals surface area (Å²) in [6, 6.07) is 38.0. The van der Waals surface area contributed by atoms with Gasteiger partial charge in [-0.25, -0.2) is 4.79 Å². The second-order valence-corrected chi connectivity index (χ2v) is 20.5. The van der Waals surface area contributed by atoms with Gasteiger partial charge in [-0.3, -0.25) is 4.79 Å². The average Bonchev–Trinajstić information content (AvgIpc) is 4.35. The number of nitrogens with zero attached hydrogens (tertiary/aromatic N) is 4. The van der Waals surface area contributed by atoms with Crippen molar-refractivity contribution < 1.29 is 44.8 Å². The van der Waals surface area contributed by atoms with E-state index in [9.17, 15) is 25.0 Å². The van der Waals surface area contributed by atoms with Crippen molar-refractivity contribution in [3.05, 3.63) is 154 Å². The normalized spacial score (nSPS) is 17.2. The summed E-state index contributed by atoms with van der Waals surface area (Å²) in [6.45, 7) is 5.19. The number of benzene rings is 6. The number of carboxylic acids is 1. The molecule has 6 aromatic rings. The van der Waals surface area contributed by atoms with Crippen LogP contribution in [0.1, 0.15) is 85.8 Å². The highest BCUT2D eigenvalue weighted by atomic mass is 127. The third-order valence-corrected chi connectivity index (χ3v) is 14.4. The monoisotopic (exact) mass is 1190 g/mol. The molecule has 2 aliphatic carbocycles. The summed E-state index contributed by atoms with van der Waals surface area (Å²) in [4.78, 5) is 28.2. The van der Waals surface area contributed by atoms with E-state index in [1.807, 2.05) is 84.9 Å². The maximum absolute atomic E-state index is 13.1. The molecule has 4 atom stereocenters. The van der Waals surface area contributed by atoms with Crippen LogP contribution in [-0.4, -0.2) is 122 Å². The Balaban J connectivity index is 0.000000182. The number of carbonyl (C=O) groups is 2. The number of fused-ring (bicyclic) bond motifs is 2. The van der Waals surface area contributed by atoms with Crippen LogP contribution in [0.5, 0.6) is 11.5 Å². The van der Waals surface area contributed by atoms with Crippen LogP contribution in [-0.2, 0) is 22.4 Å². The Bertz CT molecular complexity index is 2970. The smallest absolute Gasteiger partial charge is 0.353 e. The molecule has 0 spiro atoms. The Labute approximate surface area is 470 Å². The van der Waals surface area contributed by atoms with E-state index in [1.54, 1.807) is 24.3 Å². The van der Waals surface area contributed by atoms with Crippen LogP contribution >= 0.6 is 47.2 Å². The molecule has 18 heteroatoms. The van der Waals surface area contributed by atoms with Crippen molar-refractivity contribution in [2.45, 2.75) is 101 Å². The molecule has 404 valence electrons. The van der Waals surface area contributed by atoms with Gasteiger partial charge >= 0.3 is 5.97 Å². The van der Waals surface area contributed by atoms with Gasteiger partial charge in [0.2, 0.25) is 0 Å². The lowest BCUT2D eigenvalue weighted by Crippen LogP contribution is -2.52. The highest BCUT2D eigenvalue weighted by Gasteiger charge is 2.31. The number of aryl methyl sites for hydroxylation is 2. The largest absolute Gasteiger partial charge is 0.489 e. The highest BCUT2D eigenvalue weighted by molar-refractivity contribution is 14.0. The number of amides is 1. The van der Waals surface area contributed by atoms with Gasteiger partial charge in [0.15, 0.2) is 5.71 Å². The van der Waals surface area contributed by atoms with Gasteiger partial charge in [0, 0.05) is 32.0 Å². The fourth-order valence-corrected chi connectivity index (χ4v) is 9.27. The zero-order chi connectivity index (χ0) is 52.8. The van der Waals surface area contributed by atoms with Crippen LogP contribution in [0.3, 0.4) is 0 Å². The molecule has 2 heterocycles. The molecule has 2 saturated heterocycles. The standard InChI is InChI=1S/C29H32ClN3O4.C15H21ClN2O2.C14H13NO3.HI/c30-24-17-22(9-13-27(24)37-23-10-11-23)28(34)26(18-33-14-3-15-33)31-29(35)25(32-36)12-7-19-6-8-20-4-1-2-5-21(20)16-19;16-12-8-10(2-5-14(12)20-11-3-4-11)15(19)13(17)9-18-6-1-7-18;16-14(17)13(15-18)8-6-10-5-7-11-3-1-2-4-12(11)9-10;/h1-2,4-6,8-9,13,16-17,23,26,28,34,36H,3,7,10-12,14-15,18H2,(H,31,35);2,5,8,11,13,15,19H,1,3-4,6-7,9,17H2;1-5,7,9,18H,6,8H2,(H,16,17);1H/b32-25+;;15-13-;/t26-,28-;13-,15-;;/m11../s1. The molecular formula is C58H67Cl2IN6O9. The van der Waals surface area contributed by atoms with Crippen LogP contribution in [0.4, 0.5) is 0 Å². The van der Waals surface area contributed by atoms with Gasteiger partial charge in [0.1, 0.15) is 23.3 Å². The van der Waals surface area contributed by atoms with Crippen molar-refractivity contribution in [3.63, 3.8) is 0 Å². The van der Waals surface area contributed by atoms with E-state index in [0.717, 1.165) is 103 Å². The Morgan fingerprint density at radius 3 is 1.49 bits per heavy atom. The van der Waals surface area contributed by atoms with Crippen molar-refractivity contribution in [3.8, 4) is 11.5 Å². The van der Waals surface area contributed by atoms with E-state index in [0.29, 0.717) is 52.6 Å². The number of oxime groups is 2. The lowest BCUT2D eigenvalue weighted by atomic mass is 9.99. The third kappa shape index (κ3) is 16.7. The molecule has 1 amide bonds. The first-order valence-corrected chi connectivity index (χ1v) is 26.5. The molecule has 15 nitrogen and oxygen atoms in total. The van der Waals surface area contributed by atoms with Gasteiger partial charge in [-0.2, -0.15) is 0 Å². The molecule has 4 fully saturated rings. The summed E-state index contributed by atoms with van der Waals surface area (Å²) in [6.07, 6.45) is 6.99. The van der Waals surface area contributed by atoms with Crippen LogP contribution in [0, 0.1) is 0 Å². The van der Waals surface area contributed by atoms with Crippen molar-refractivity contribution in [1.29, 1.82) is 0 Å². The number of carbonyl (C=O) groups excluding carboxylic acids is 1. The number of nitrogens with one attached hydrogen (secondary N) is 1. The Hall–Kier alpha value is -5.57. The molecule has 2 aliphatic heterocycles. The molecular weight excluding hydrogens is 1120 g/mol. The number of aliphatic hydroxyl groups is 2. The number of hydrogen-bond donors (Lipinski definition) is 7. The number of hydrogen-bond acceptors (Lipinski definition) is 13. The van der Waals surface area contributed by atoms with E-state index in [-0.39, 0.29) is 60.4 Å². The van der Waals surface area contributed by atoms with Crippen LogP contribution in [0.2, 0.25) is 10.0 Å². The number of rotatable bonds is 21. The molecule has 0 radical (unpaired) electrons. The molecule has 4 aliphatic rings. The van der Waals surface area contributed by atoms with E-state index < -0.39 is 30.1 Å². The zero-order valence-corrected chi connectivity index (χ0v) is 46.1. The summed E-state index contributed by atoms with van der Waals surface area (Å²) in [5, 5.41) is 63.0. The molecule has 10 rings (SSSR count).